The van der Waals surface area contributed by atoms with Crippen LogP contribution in [0.25, 0.3) is 10.9 Å². The van der Waals surface area contributed by atoms with Gasteiger partial charge in [0.25, 0.3) is 10.0 Å². The summed E-state index contributed by atoms with van der Waals surface area (Å²) in [6.07, 6.45) is 1.00. The lowest BCUT2D eigenvalue weighted by atomic mass is 10.1. The lowest BCUT2D eigenvalue weighted by Gasteiger charge is -2.34. The Kier molecular flexibility index (Phi) is 7.11. The minimum absolute atomic E-state index is 0.0102. The number of anilines is 2. The smallest absolute Gasteiger partial charge is 0.359 e. The molecule has 2 aliphatic heterocycles. The van der Waals surface area contributed by atoms with Crippen LogP contribution in [0.4, 0.5) is 11.4 Å². The number of esters is 1. The van der Waals surface area contributed by atoms with E-state index in [2.05, 4.69) is 26.8 Å². The normalized spacial score (nSPS) is 19.1. The number of aromatic nitrogens is 2. The van der Waals surface area contributed by atoms with Crippen LogP contribution >= 0.6 is 0 Å². The van der Waals surface area contributed by atoms with Crippen molar-refractivity contribution in [1.29, 1.82) is 0 Å². The van der Waals surface area contributed by atoms with Crippen LogP contribution in [0.1, 0.15) is 23.8 Å². The fraction of sp³-hybridized carbons (Fsp3) is 0.462. The molecular weight excluding hydrogens is 494 g/mol. The number of nitrogens with zero attached hydrogens (tertiary/aromatic N) is 5. The second kappa shape index (κ2) is 10.3. The van der Waals surface area contributed by atoms with E-state index < -0.39 is 16.0 Å². The molecule has 0 bridgehead atoms. The van der Waals surface area contributed by atoms with Crippen LogP contribution in [0.5, 0.6) is 0 Å². The zero-order chi connectivity index (χ0) is 26.2. The Bertz CT molecular complexity index is 1400. The number of carbonyl (C=O) groups excluding carboxylic acids is 1. The van der Waals surface area contributed by atoms with Gasteiger partial charge >= 0.3 is 5.97 Å². The van der Waals surface area contributed by atoms with Gasteiger partial charge in [-0.2, -0.15) is 12.5 Å². The van der Waals surface area contributed by atoms with E-state index in [0.717, 1.165) is 54.6 Å². The molecule has 2 aromatic carbocycles. The van der Waals surface area contributed by atoms with Gasteiger partial charge in [-0.3, -0.25) is 0 Å². The van der Waals surface area contributed by atoms with E-state index in [1.54, 1.807) is 44.4 Å². The van der Waals surface area contributed by atoms with Gasteiger partial charge < -0.3 is 24.2 Å². The highest BCUT2D eigenvalue weighted by Crippen LogP contribution is 2.30. The van der Waals surface area contributed by atoms with Crippen LogP contribution < -0.4 is 9.80 Å². The Morgan fingerprint density at radius 2 is 1.78 bits per heavy atom. The highest BCUT2D eigenvalue weighted by atomic mass is 32.2. The number of hydrogen-bond acceptors (Lipinski definition) is 9. The molecule has 0 spiro atoms. The third-order valence-electron chi connectivity index (χ3n) is 7.16. The molecule has 11 heteroatoms. The van der Waals surface area contributed by atoms with Crippen molar-refractivity contribution in [2.24, 2.45) is 0 Å². The van der Waals surface area contributed by atoms with Crippen LogP contribution in [0.15, 0.2) is 47.4 Å². The van der Waals surface area contributed by atoms with Gasteiger partial charge in [-0.15, -0.1) is 5.10 Å². The number of carbonyl (C=O) groups is 1. The highest BCUT2D eigenvalue weighted by molar-refractivity contribution is 7.90. The summed E-state index contributed by atoms with van der Waals surface area (Å²) in [7, 11) is -0.335. The molecule has 0 N–H and O–H groups in total. The lowest BCUT2D eigenvalue weighted by molar-refractivity contribution is 0.0521. The van der Waals surface area contributed by atoms with Crippen molar-refractivity contribution < 1.29 is 22.7 Å². The summed E-state index contributed by atoms with van der Waals surface area (Å²) in [6.45, 7) is 6.84. The summed E-state index contributed by atoms with van der Waals surface area (Å²) in [6, 6.07) is 12.3. The van der Waals surface area contributed by atoms with Gasteiger partial charge in [0.15, 0.2) is 5.69 Å². The molecule has 10 nitrogen and oxygen atoms in total. The third-order valence-corrected chi connectivity index (χ3v) is 8.74. The third kappa shape index (κ3) is 4.90. The molecule has 3 heterocycles. The number of likely N-dealkylation sites (N-methyl/N-ethyl adjacent to an activating group) is 1. The summed E-state index contributed by atoms with van der Waals surface area (Å²) in [4.78, 5) is 19.4. The van der Waals surface area contributed by atoms with E-state index >= 15 is 0 Å². The number of ether oxygens (including phenoxy) is 2. The maximum atomic E-state index is 13.9. The highest BCUT2D eigenvalue weighted by Gasteiger charge is 2.29. The average Bonchev–Trinajstić information content (AvgIpc) is 3.55. The van der Waals surface area contributed by atoms with E-state index in [9.17, 15) is 13.2 Å². The Labute approximate surface area is 217 Å². The molecule has 0 radical (unpaired) electrons. The van der Waals surface area contributed by atoms with E-state index in [-0.39, 0.29) is 23.3 Å². The quantitative estimate of drug-likeness (QED) is 0.429. The van der Waals surface area contributed by atoms with Gasteiger partial charge in [-0.25, -0.2) is 4.79 Å². The Hall–Kier alpha value is -3.15. The fourth-order valence-corrected chi connectivity index (χ4v) is 6.29. The van der Waals surface area contributed by atoms with Crippen molar-refractivity contribution in [3.63, 3.8) is 0 Å². The van der Waals surface area contributed by atoms with Crippen molar-refractivity contribution in [3.8, 4) is 0 Å². The Balaban J connectivity index is 1.58. The maximum absolute atomic E-state index is 13.9. The minimum Gasteiger partial charge on any atom is -0.461 e. The number of fused-ring (bicyclic) bond motifs is 1. The first-order valence-electron chi connectivity index (χ1n) is 12.6. The van der Waals surface area contributed by atoms with Crippen LogP contribution in [0.3, 0.4) is 0 Å². The summed E-state index contributed by atoms with van der Waals surface area (Å²) < 4.78 is 39.5. The lowest BCUT2D eigenvalue weighted by Crippen LogP contribution is -2.44. The maximum Gasteiger partial charge on any atom is 0.359 e. The van der Waals surface area contributed by atoms with Gasteiger partial charge in [0, 0.05) is 63.1 Å². The predicted octanol–water partition coefficient (Wildman–Crippen LogP) is 2.43. The van der Waals surface area contributed by atoms with Gasteiger partial charge in [0.1, 0.15) is 0 Å². The number of piperazine rings is 1. The monoisotopic (exact) mass is 527 g/mol. The molecule has 3 aromatic rings. The zero-order valence-corrected chi connectivity index (χ0v) is 22.3. The summed E-state index contributed by atoms with van der Waals surface area (Å²) in [5.41, 5.74) is 2.04. The van der Waals surface area contributed by atoms with Gasteiger partial charge in [-0.1, -0.05) is 6.07 Å². The largest absolute Gasteiger partial charge is 0.461 e. The van der Waals surface area contributed by atoms with E-state index in [4.69, 9.17) is 9.47 Å². The van der Waals surface area contributed by atoms with E-state index in [1.807, 2.05) is 12.1 Å². The molecule has 37 heavy (non-hydrogen) atoms. The molecule has 5 rings (SSSR count). The standard InChI is InChI=1S/C26H33N5O5S/c1-4-36-26(32)25-23-9-8-20(29-14-12-28(2)13-15-29)17-24(23)31(27-25)37(33,34)22-7-5-6-19(16-22)30-11-10-21(18-30)35-3/h5-9,16-17,21H,4,10-15,18H2,1-3H3. The molecule has 0 amide bonds. The minimum atomic E-state index is -4.11. The van der Waals surface area contributed by atoms with Crippen LogP contribution in [0.2, 0.25) is 0 Å². The fourth-order valence-electron chi connectivity index (χ4n) is 4.97. The Morgan fingerprint density at radius 3 is 2.49 bits per heavy atom. The molecule has 1 atom stereocenters. The first-order chi connectivity index (χ1) is 17.8. The first-order valence-corrected chi connectivity index (χ1v) is 14.0. The molecule has 2 aliphatic rings. The van der Waals surface area contributed by atoms with Crippen molar-refractivity contribution in [1.82, 2.24) is 14.1 Å². The summed E-state index contributed by atoms with van der Waals surface area (Å²) in [5.74, 6) is -0.648. The number of methoxy groups -OCH3 is 1. The molecule has 2 fully saturated rings. The van der Waals surface area contributed by atoms with Crippen LogP contribution in [-0.4, -0.2) is 94.6 Å². The SMILES string of the molecule is CCOC(=O)c1nn(S(=O)(=O)c2cccc(N3CCC(OC)C3)c2)c2cc(N3CCN(C)CC3)ccc12. The van der Waals surface area contributed by atoms with Crippen molar-refractivity contribution >= 4 is 38.3 Å². The number of benzene rings is 2. The van der Waals surface area contributed by atoms with Gasteiger partial charge in [0.2, 0.25) is 0 Å². The topological polar surface area (TPSA) is 97.2 Å². The molecule has 1 unspecified atom stereocenters. The Morgan fingerprint density at radius 1 is 1.03 bits per heavy atom. The van der Waals surface area contributed by atoms with Crippen molar-refractivity contribution in [2.45, 2.75) is 24.3 Å². The predicted molar refractivity (Wildman–Crippen MR) is 142 cm³/mol. The van der Waals surface area contributed by atoms with Crippen molar-refractivity contribution in [2.75, 3.05) is 69.8 Å². The average molecular weight is 528 g/mol. The van der Waals surface area contributed by atoms with E-state index in [1.165, 1.54) is 0 Å². The number of rotatable bonds is 7. The van der Waals surface area contributed by atoms with Crippen LogP contribution in [-0.2, 0) is 19.5 Å². The van der Waals surface area contributed by atoms with Gasteiger partial charge in [0.05, 0.1) is 23.1 Å². The molecule has 1 aromatic heterocycles. The van der Waals surface area contributed by atoms with Gasteiger partial charge in [-0.05, 0) is 56.8 Å². The van der Waals surface area contributed by atoms with E-state index in [0.29, 0.717) is 17.4 Å². The zero-order valence-electron chi connectivity index (χ0n) is 21.5. The second-order valence-electron chi connectivity index (χ2n) is 9.50. The molecule has 0 aliphatic carbocycles. The first kappa shape index (κ1) is 25.5. The number of hydrogen-bond donors (Lipinski definition) is 0. The molecule has 0 saturated carbocycles. The molecule has 2 saturated heterocycles. The second-order valence-corrected chi connectivity index (χ2v) is 11.3. The molecule has 198 valence electrons. The summed E-state index contributed by atoms with van der Waals surface area (Å²) >= 11 is 0. The van der Waals surface area contributed by atoms with Crippen LogP contribution in [0, 0.1) is 0 Å². The summed E-state index contributed by atoms with van der Waals surface area (Å²) in [5, 5.41) is 4.74. The van der Waals surface area contributed by atoms with Crippen molar-refractivity contribution in [3.05, 3.63) is 48.2 Å². The molecular formula is C26H33N5O5S.